The second kappa shape index (κ2) is 4.58. The molecule has 4 nitrogen and oxygen atoms in total. The van der Waals surface area contributed by atoms with Crippen molar-refractivity contribution >= 4 is 15.9 Å². The molecular weight excluding hydrogens is 282 g/mol. The molecular formula is C12H14BrN3O. The van der Waals surface area contributed by atoms with Gasteiger partial charge in [0.1, 0.15) is 0 Å². The fraction of sp³-hybridized carbons (Fsp3) is 0.333. The van der Waals surface area contributed by atoms with E-state index in [9.17, 15) is 0 Å². The van der Waals surface area contributed by atoms with Crippen LogP contribution in [0.3, 0.4) is 0 Å². The van der Waals surface area contributed by atoms with Gasteiger partial charge < -0.3 is 10.3 Å². The Morgan fingerprint density at radius 1 is 1.35 bits per heavy atom. The van der Waals surface area contributed by atoms with Crippen LogP contribution in [0.25, 0.3) is 11.4 Å². The maximum absolute atomic E-state index is 5.68. The second-order valence-corrected chi connectivity index (χ2v) is 5.35. The van der Waals surface area contributed by atoms with Crippen LogP contribution in [0.5, 0.6) is 0 Å². The third kappa shape index (κ3) is 2.40. The van der Waals surface area contributed by atoms with E-state index in [1.165, 1.54) is 0 Å². The Labute approximate surface area is 108 Å². The van der Waals surface area contributed by atoms with E-state index in [1.807, 2.05) is 38.1 Å². The number of hydrogen-bond donors (Lipinski definition) is 1. The number of nitrogens with zero attached hydrogens (tertiary/aromatic N) is 2. The third-order valence-corrected chi connectivity index (χ3v) is 3.32. The fourth-order valence-corrected chi connectivity index (χ4v) is 1.80. The Kier molecular flexibility index (Phi) is 3.31. The van der Waals surface area contributed by atoms with Crippen LogP contribution < -0.4 is 5.73 Å². The molecule has 5 heteroatoms. The first-order chi connectivity index (χ1) is 8.04. The van der Waals surface area contributed by atoms with Crippen LogP contribution in [0.15, 0.2) is 33.3 Å². The van der Waals surface area contributed by atoms with Crippen LogP contribution in [-0.2, 0) is 5.41 Å². The Morgan fingerprint density at radius 2 is 2.06 bits per heavy atom. The highest BCUT2D eigenvalue weighted by atomic mass is 79.9. The minimum Gasteiger partial charge on any atom is -0.338 e. The molecule has 2 rings (SSSR count). The molecule has 0 unspecified atom stereocenters. The lowest BCUT2D eigenvalue weighted by Gasteiger charge is -2.15. The number of hydrogen-bond acceptors (Lipinski definition) is 4. The van der Waals surface area contributed by atoms with Gasteiger partial charge in [-0.2, -0.15) is 4.98 Å². The first-order valence-electron chi connectivity index (χ1n) is 5.34. The van der Waals surface area contributed by atoms with E-state index in [0.29, 0.717) is 18.3 Å². The van der Waals surface area contributed by atoms with Crippen molar-refractivity contribution in [2.75, 3.05) is 6.54 Å². The molecule has 0 saturated carbocycles. The SMILES string of the molecule is CC(C)(CN)c1nc(-c2ccccc2Br)no1. The summed E-state index contributed by atoms with van der Waals surface area (Å²) in [6, 6.07) is 7.76. The molecule has 1 heterocycles. The van der Waals surface area contributed by atoms with Gasteiger partial charge in [0, 0.05) is 16.6 Å². The average molecular weight is 296 g/mol. The normalized spacial score (nSPS) is 11.8. The van der Waals surface area contributed by atoms with Gasteiger partial charge in [-0.3, -0.25) is 0 Å². The van der Waals surface area contributed by atoms with Gasteiger partial charge in [-0.1, -0.05) is 33.2 Å². The molecule has 0 saturated heterocycles. The first-order valence-corrected chi connectivity index (χ1v) is 6.13. The largest absolute Gasteiger partial charge is 0.338 e. The van der Waals surface area contributed by atoms with E-state index in [2.05, 4.69) is 26.1 Å². The average Bonchev–Trinajstić information content (AvgIpc) is 2.79. The van der Waals surface area contributed by atoms with E-state index in [-0.39, 0.29) is 5.41 Å². The lowest BCUT2D eigenvalue weighted by Crippen LogP contribution is -2.28. The van der Waals surface area contributed by atoms with Gasteiger partial charge in [-0.05, 0) is 26.0 Å². The van der Waals surface area contributed by atoms with Crippen molar-refractivity contribution in [3.63, 3.8) is 0 Å². The Balaban J connectivity index is 2.40. The molecule has 0 spiro atoms. The van der Waals surface area contributed by atoms with Gasteiger partial charge >= 0.3 is 0 Å². The minimum absolute atomic E-state index is 0.299. The molecule has 17 heavy (non-hydrogen) atoms. The van der Waals surface area contributed by atoms with Gasteiger partial charge in [0.2, 0.25) is 11.7 Å². The number of halogens is 1. The van der Waals surface area contributed by atoms with Crippen molar-refractivity contribution in [3.8, 4) is 11.4 Å². The van der Waals surface area contributed by atoms with E-state index in [0.717, 1.165) is 10.0 Å². The summed E-state index contributed by atoms with van der Waals surface area (Å²) < 4.78 is 6.21. The fourth-order valence-electron chi connectivity index (χ4n) is 1.34. The quantitative estimate of drug-likeness (QED) is 0.945. The van der Waals surface area contributed by atoms with Gasteiger partial charge in [0.05, 0.1) is 5.41 Å². The zero-order chi connectivity index (χ0) is 12.5. The van der Waals surface area contributed by atoms with E-state index < -0.39 is 0 Å². The van der Waals surface area contributed by atoms with Crippen molar-refractivity contribution < 1.29 is 4.52 Å². The Bertz CT molecular complexity index is 522. The minimum atomic E-state index is -0.299. The highest BCUT2D eigenvalue weighted by Gasteiger charge is 2.26. The Morgan fingerprint density at radius 3 is 2.71 bits per heavy atom. The van der Waals surface area contributed by atoms with Crippen LogP contribution in [-0.4, -0.2) is 16.7 Å². The monoisotopic (exact) mass is 295 g/mol. The van der Waals surface area contributed by atoms with Crippen molar-refractivity contribution in [1.82, 2.24) is 10.1 Å². The Hall–Kier alpha value is -1.20. The maximum atomic E-state index is 5.68. The zero-order valence-electron chi connectivity index (χ0n) is 9.77. The van der Waals surface area contributed by atoms with Crippen molar-refractivity contribution in [2.24, 2.45) is 5.73 Å². The molecule has 2 aromatic rings. The molecule has 0 atom stereocenters. The molecule has 0 radical (unpaired) electrons. The lowest BCUT2D eigenvalue weighted by atomic mass is 9.94. The summed E-state index contributed by atoms with van der Waals surface area (Å²) in [5, 5.41) is 3.99. The molecule has 2 N–H and O–H groups in total. The number of nitrogens with two attached hydrogens (primary N) is 1. The highest BCUT2D eigenvalue weighted by molar-refractivity contribution is 9.10. The highest BCUT2D eigenvalue weighted by Crippen LogP contribution is 2.28. The number of aromatic nitrogens is 2. The molecule has 90 valence electrons. The van der Waals surface area contributed by atoms with Crippen molar-refractivity contribution in [1.29, 1.82) is 0 Å². The van der Waals surface area contributed by atoms with Crippen LogP contribution in [0.2, 0.25) is 0 Å². The van der Waals surface area contributed by atoms with Gasteiger partial charge in [-0.25, -0.2) is 0 Å². The molecule has 1 aromatic carbocycles. The standard InChI is InChI=1S/C12H14BrN3O/c1-12(2,7-14)11-15-10(16-17-11)8-5-3-4-6-9(8)13/h3-6H,7,14H2,1-2H3. The van der Waals surface area contributed by atoms with E-state index >= 15 is 0 Å². The zero-order valence-corrected chi connectivity index (χ0v) is 11.4. The summed E-state index contributed by atoms with van der Waals surface area (Å²) in [5.41, 5.74) is 6.29. The maximum Gasteiger partial charge on any atom is 0.233 e. The van der Waals surface area contributed by atoms with Gasteiger partial charge in [0.15, 0.2) is 0 Å². The smallest absolute Gasteiger partial charge is 0.233 e. The van der Waals surface area contributed by atoms with Crippen LogP contribution in [0.4, 0.5) is 0 Å². The molecule has 0 amide bonds. The summed E-state index contributed by atoms with van der Waals surface area (Å²) in [5.74, 6) is 1.14. The third-order valence-electron chi connectivity index (χ3n) is 2.63. The van der Waals surface area contributed by atoms with Crippen LogP contribution in [0, 0.1) is 0 Å². The summed E-state index contributed by atoms with van der Waals surface area (Å²) in [6.45, 7) is 4.42. The number of benzene rings is 1. The molecule has 0 aliphatic heterocycles. The van der Waals surface area contributed by atoms with E-state index in [4.69, 9.17) is 10.3 Å². The number of rotatable bonds is 3. The molecule has 0 bridgehead atoms. The molecule has 1 aromatic heterocycles. The first kappa shape index (κ1) is 12.3. The lowest BCUT2D eigenvalue weighted by molar-refractivity contribution is 0.311. The van der Waals surface area contributed by atoms with Crippen molar-refractivity contribution in [2.45, 2.75) is 19.3 Å². The van der Waals surface area contributed by atoms with E-state index in [1.54, 1.807) is 0 Å². The predicted molar refractivity (Wildman–Crippen MR) is 69.5 cm³/mol. The molecule has 0 aliphatic rings. The summed E-state index contributed by atoms with van der Waals surface area (Å²) in [4.78, 5) is 4.40. The predicted octanol–water partition coefficient (Wildman–Crippen LogP) is 2.74. The van der Waals surface area contributed by atoms with Crippen LogP contribution >= 0.6 is 15.9 Å². The van der Waals surface area contributed by atoms with Crippen molar-refractivity contribution in [3.05, 3.63) is 34.6 Å². The second-order valence-electron chi connectivity index (χ2n) is 4.49. The van der Waals surface area contributed by atoms with Crippen LogP contribution in [0.1, 0.15) is 19.7 Å². The summed E-state index contributed by atoms with van der Waals surface area (Å²) in [6.07, 6.45) is 0. The molecule has 0 fully saturated rings. The summed E-state index contributed by atoms with van der Waals surface area (Å²) >= 11 is 3.46. The summed E-state index contributed by atoms with van der Waals surface area (Å²) in [7, 11) is 0. The topological polar surface area (TPSA) is 64.9 Å². The van der Waals surface area contributed by atoms with Gasteiger partial charge in [0.25, 0.3) is 0 Å². The van der Waals surface area contributed by atoms with Gasteiger partial charge in [-0.15, -0.1) is 0 Å². The molecule has 0 aliphatic carbocycles.